The molecule has 0 atom stereocenters. The zero-order valence-corrected chi connectivity index (χ0v) is 9.63. The van der Waals surface area contributed by atoms with E-state index in [2.05, 4.69) is 0 Å². The standard InChI is InChI=1S/C14H12F2O/c1-9-3-8-12(14(16)13(9)15)10-4-6-11(17-2)7-5-10/h3-8H,1-2H3. The van der Waals surface area contributed by atoms with Crippen molar-refractivity contribution in [1.29, 1.82) is 0 Å². The van der Waals surface area contributed by atoms with Gasteiger partial charge in [-0.1, -0.05) is 24.3 Å². The zero-order chi connectivity index (χ0) is 12.4. The molecule has 0 aliphatic carbocycles. The number of aryl methyl sites for hydroxylation is 1. The van der Waals surface area contributed by atoms with E-state index in [1.165, 1.54) is 6.92 Å². The third-order valence-electron chi connectivity index (χ3n) is 2.68. The minimum absolute atomic E-state index is 0.260. The molecule has 0 N–H and O–H groups in total. The highest BCUT2D eigenvalue weighted by Gasteiger charge is 2.12. The second-order valence-corrected chi connectivity index (χ2v) is 3.79. The van der Waals surface area contributed by atoms with Crippen molar-refractivity contribution >= 4 is 0 Å². The molecule has 0 saturated carbocycles. The lowest BCUT2D eigenvalue weighted by molar-refractivity contribution is 0.415. The average Bonchev–Trinajstić information content (AvgIpc) is 2.36. The highest BCUT2D eigenvalue weighted by atomic mass is 19.2. The van der Waals surface area contributed by atoms with Crippen molar-refractivity contribution in [3.8, 4) is 16.9 Å². The summed E-state index contributed by atoms with van der Waals surface area (Å²) in [6.07, 6.45) is 0. The molecule has 0 spiro atoms. The Morgan fingerprint density at radius 2 is 1.53 bits per heavy atom. The van der Waals surface area contributed by atoms with E-state index in [4.69, 9.17) is 4.74 Å². The largest absolute Gasteiger partial charge is 0.497 e. The van der Waals surface area contributed by atoms with E-state index in [0.29, 0.717) is 16.9 Å². The molecule has 0 amide bonds. The van der Waals surface area contributed by atoms with E-state index < -0.39 is 11.6 Å². The maximum atomic E-state index is 13.7. The van der Waals surface area contributed by atoms with Crippen LogP contribution in [-0.2, 0) is 0 Å². The molecule has 2 aromatic rings. The molecule has 0 aromatic heterocycles. The molecule has 17 heavy (non-hydrogen) atoms. The first-order valence-electron chi connectivity index (χ1n) is 5.22. The minimum Gasteiger partial charge on any atom is -0.497 e. The smallest absolute Gasteiger partial charge is 0.166 e. The van der Waals surface area contributed by atoms with Gasteiger partial charge in [0.05, 0.1) is 7.11 Å². The van der Waals surface area contributed by atoms with Crippen molar-refractivity contribution in [2.75, 3.05) is 7.11 Å². The maximum absolute atomic E-state index is 13.7. The van der Waals surface area contributed by atoms with Crippen LogP contribution >= 0.6 is 0 Å². The average molecular weight is 234 g/mol. The molecule has 88 valence electrons. The van der Waals surface area contributed by atoms with Crippen LogP contribution in [0.25, 0.3) is 11.1 Å². The number of hydrogen-bond donors (Lipinski definition) is 0. The van der Waals surface area contributed by atoms with Crippen LogP contribution in [0, 0.1) is 18.6 Å². The van der Waals surface area contributed by atoms with Crippen LogP contribution in [0.15, 0.2) is 36.4 Å². The molecule has 0 aliphatic heterocycles. The van der Waals surface area contributed by atoms with Crippen LogP contribution in [0.5, 0.6) is 5.75 Å². The highest BCUT2D eigenvalue weighted by Crippen LogP contribution is 2.27. The molecule has 0 radical (unpaired) electrons. The fourth-order valence-electron chi connectivity index (χ4n) is 1.64. The lowest BCUT2D eigenvalue weighted by Crippen LogP contribution is -1.93. The number of methoxy groups -OCH3 is 1. The van der Waals surface area contributed by atoms with Gasteiger partial charge in [0.15, 0.2) is 11.6 Å². The van der Waals surface area contributed by atoms with Gasteiger partial charge in [-0.3, -0.25) is 0 Å². The Bertz CT molecular complexity index is 533. The molecule has 0 saturated heterocycles. The molecular formula is C14H12F2O. The van der Waals surface area contributed by atoms with Gasteiger partial charge in [0.1, 0.15) is 5.75 Å². The predicted molar refractivity (Wildman–Crippen MR) is 63.1 cm³/mol. The van der Waals surface area contributed by atoms with E-state index in [-0.39, 0.29) is 5.56 Å². The van der Waals surface area contributed by atoms with Gasteiger partial charge in [-0.05, 0) is 30.2 Å². The van der Waals surface area contributed by atoms with E-state index >= 15 is 0 Å². The number of halogens is 2. The Balaban J connectivity index is 2.49. The second kappa shape index (κ2) is 4.53. The van der Waals surface area contributed by atoms with Gasteiger partial charge in [-0.15, -0.1) is 0 Å². The fraction of sp³-hybridized carbons (Fsp3) is 0.143. The quantitative estimate of drug-likeness (QED) is 0.764. The molecule has 2 rings (SSSR count). The van der Waals surface area contributed by atoms with Crippen molar-refractivity contribution in [3.63, 3.8) is 0 Å². The normalized spacial score (nSPS) is 10.4. The lowest BCUT2D eigenvalue weighted by atomic mass is 10.0. The summed E-state index contributed by atoms with van der Waals surface area (Å²) in [6, 6.07) is 9.98. The zero-order valence-electron chi connectivity index (χ0n) is 9.63. The first-order valence-corrected chi connectivity index (χ1v) is 5.22. The predicted octanol–water partition coefficient (Wildman–Crippen LogP) is 3.95. The molecular weight excluding hydrogens is 222 g/mol. The van der Waals surface area contributed by atoms with Crippen LogP contribution in [0.4, 0.5) is 8.78 Å². The Hall–Kier alpha value is -1.90. The summed E-state index contributed by atoms with van der Waals surface area (Å²) in [7, 11) is 1.56. The van der Waals surface area contributed by atoms with Crippen LogP contribution in [0.3, 0.4) is 0 Å². The van der Waals surface area contributed by atoms with E-state index in [1.807, 2.05) is 0 Å². The van der Waals surface area contributed by atoms with Gasteiger partial charge < -0.3 is 4.74 Å². The van der Waals surface area contributed by atoms with Gasteiger partial charge >= 0.3 is 0 Å². The maximum Gasteiger partial charge on any atom is 0.166 e. The van der Waals surface area contributed by atoms with E-state index in [0.717, 1.165) is 0 Å². The Kier molecular flexibility index (Phi) is 3.09. The summed E-state index contributed by atoms with van der Waals surface area (Å²) in [6.45, 7) is 1.54. The molecule has 0 aliphatic rings. The number of rotatable bonds is 2. The summed E-state index contributed by atoms with van der Waals surface area (Å²) < 4.78 is 32.2. The van der Waals surface area contributed by atoms with Gasteiger partial charge in [0, 0.05) is 5.56 Å². The van der Waals surface area contributed by atoms with Crippen LogP contribution in [0.2, 0.25) is 0 Å². The molecule has 1 nitrogen and oxygen atoms in total. The number of ether oxygens (including phenoxy) is 1. The SMILES string of the molecule is COc1ccc(-c2ccc(C)c(F)c2F)cc1. The monoisotopic (exact) mass is 234 g/mol. The van der Waals surface area contributed by atoms with E-state index in [1.54, 1.807) is 43.5 Å². The summed E-state index contributed by atoms with van der Waals surface area (Å²) in [5.41, 5.74) is 1.19. The summed E-state index contributed by atoms with van der Waals surface area (Å²) in [5.74, 6) is -0.921. The third kappa shape index (κ3) is 2.13. The first kappa shape index (κ1) is 11.6. The van der Waals surface area contributed by atoms with Gasteiger partial charge in [0.25, 0.3) is 0 Å². The first-order chi connectivity index (χ1) is 8.13. The Morgan fingerprint density at radius 3 is 2.12 bits per heavy atom. The topological polar surface area (TPSA) is 9.23 Å². The number of benzene rings is 2. The van der Waals surface area contributed by atoms with Gasteiger partial charge in [-0.25, -0.2) is 8.78 Å². The van der Waals surface area contributed by atoms with Crippen molar-refractivity contribution in [2.45, 2.75) is 6.92 Å². The molecule has 3 heteroatoms. The van der Waals surface area contributed by atoms with Gasteiger partial charge in [-0.2, -0.15) is 0 Å². The van der Waals surface area contributed by atoms with Crippen molar-refractivity contribution in [2.24, 2.45) is 0 Å². The van der Waals surface area contributed by atoms with Crippen LogP contribution in [0.1, 0.15) is 5.56 Å². The molecule has 2 aromatic carbocycles. The Labute approximate surface area is 98.7 Å². The van der Waals surface area contributed by atoms with Crippen molar-refractivity contribution in [3.05, 3.63) is 53.6 Å². The molecule has 0 bridgehead atoms. The summed E-state index contributed by atoms with van der Waals surface area (Å²) in [4.78, 5) is 0. The van der Waals surface area contributed by atoms with E-state index in [9.17, 15) is 8.78 Å². The van der Waals surface area contributed by atoms with Gasteiger partial charge in [0.2, 0.25) is 0 Å². The summed E-state index contributed by atoms with van der Waals surface area (Å²) in [5, 5.41) is 0. The number of hydrogen-bond acceptors (Lipinski definition) is 1. The highest BCUT2D eigenvalue weighted by molar-refractivity contribution is 5.65. The summed E-state index contributed by atoms with van der Waals surface area (Å²) >= 11 is 0. The molecule has 0 unspecified atom stereocenters. The molecule has 0 heterocycles. The Morgan fingerprint density at radius 1 is 0.882 bits per heavy atom. The lowest BCUT2D eigenvalue weighted by Gasteiger charge is -2.07. The fourth-order valence-corrected chi connectivity index (χ4v) is 1.64. The van der Waals surface area contributed by atoms with Crippen LogP contribution < -0.4 is 4.74 Å². The minimum atomic E-state index is -0.810. The molecule has 0 fully saturated rings. The third-order valence-corrected chi connectivity index (χ3v) is 2.68. The van der Waals surface area contributed by atoms with Crippen molar-refractivity contribution in [1.82, 2.24) is 0 Å². The van der Waals surface area contributed by atoms with Crippen molar-refractivity contribution < 1.29 is 13.5 Å². The second-order valence-electron chi connectivity index (χ2n) is 3.79. The van der Waals surface area contributed by atoms with Crippen LogP contribution in [-0.4, -0.2) is 7.11 Å².